The molecule has 1 saturated heterocycles. The Morgan fingerprint density at radius 1 is 1.05 bits per heavy atom. The van der Waals surface area contributed by atoms with Crippen LogP contribution in [0.25, 0.3) is 11.0 Å². The summed E-state index contributed by atoms with van der Waals surface area (Å²) in [4.78, 5) is 20.9. The first kappa shape index (κ1) is 32.5. The fourth-order valence-electron chi connectivity index (χ4n) is 5.46. The lowest BCUT2D eigenvalue weighted by molar-refractivity contribution is -0.192. The third kappa shape index (κ3) is 6.69. The van der Waals surface area contributed by atoms with Crippen molar-refractivity contribution < 1.29 is 31.1 Å². The van der Waals surface area contributed by atoms with Crippen molar-refractivity contribution in [3.8, 4) is 0 Å². The normalized spacial score (nSPS) is 17.4. The molecule has 2 aliphatic rings. The number of nitrogens with zero attached hydrogens (tertiary/aromatic N) is 4. The van der Waals surface area contributed by atoms with Crippen molar-refractivity contribution in [3.05, 3.63) is 45.9 Å². The number of carbonyl (C=O) groups is 1. The molecule has 2 N–H and O–H groups in total. The number of carbonyl (C=O) groups excluding carboxylic acids is 1. The molecular weight excluding hydrogens is 633 g/mol. The van der Waals surface area contributed by atoms with E-state index in [-0.39, 0.29) is 45.3 Å². The highest BCUT2D eigenvalue weighted by molar-refractivity contribution is 6.34. The van der Waals surface area contributed by atoms with Gasteiger partial charge in [-0.1, -0.05) is 29.3 Å². The number of amides is 1. The van der Waals surface area contributed by atoms with Gasteiger partial charge in [0.1, 0.15) is 5.41 Å². The van der Waals surface area contributed by atoms with Crippen molar-refractivity contribution in [3.63, 3.8) is 0 Å². The fourth-order valence-corrected chi connectivity index (χ4v) is 5.90. The second-order valence-electron chi connectivity index (χ2n) is 11.7. The number of fused-ring (bicyclic) bond motifs is 1. The molecule has 1 aliphatic heterocycles. The maximum atomic E-state index is 13.3. The lowest BCUT2D eigenvalue weighted by atomic mass is 9.96. The van der Waals surface area contributed by atoms with Gasteiger partial charge in [0.2, 0.25) is 11.9 Å². The van der Waals surface area contributed by atoms with Crippen LogP contribution >= 0.6 is 23.2 Å². The van der Waals surface area contributed by atoms with E-state index >= 15 is 0 Å². The topological polar surface area (TPSA) is 65.4 Å². The number of rotatable bonds is 9. The smallest absolute Gasteiger partial charge is 0.370 e. The molecule has 0 spiro atoms. The second kappa shape index (κ2) is 12.1. The van der Waals surface area contributed by atoms with Crippen molar-refractivity contribution in [1.29, 1.82) is 0 Å². The number of piperidine rings is 1. The molecule has 15 heteroatoms. The van der Waals surface area contributed by atoms with Crippen LogP contribution in [-0.2, 0) is 17.9 Å². The highest BCUT2D eigenvalue weighted by Gasteiger charge is 2.68. The minimum Gasteiger partial charge on any atom is -0.370 e. The van der Waals surface area contributed by atoms with Crippen molar-refractivity contribution >= 4 is 57.5 Å². The number of imidazole rings is 1. The van der Waals surface area contributed by atoms with Crippen LogP contribution in [0.4, 0.5) is 43.7 Å². The number of halogens is 8. The van der Waals surface area contributed by atoms with Crippen LogP contribution in [0.3, 0.4) is 0 Å². The molecule has 2 fully saturated rings. The van der Waals surface area contributed by atoms with Crippen molar-refractivity contribution in [2.75, 3.05) is 43.9 Å². The Kier molecular flexibility index (Phi) is 8.96. The van der Waals surface area contributed by atoms with Crippen molar-refractivity contribution in [2.24, 2.45) is 11.3 Å². The number of benzene rings is 2. The van der Waals surface area contributed by atoms with E-state index in [4.69, 9.17) is 28.2 Å². The third-order valence-electron chi connectivity index (χ3n) is 8.34. The van der Waals surface area contributed by atoms with Crippen LogP contribution in [0.15, 0.2) is 30.3 Å². The quantitative estimate of drug-likeness (QED) is 0.234. The van der Waals surface area contributed by atoms with E-state index in [0.717, 1.165) is 0 Å². The lowest BCUT2D eigenvalue weighted by Gasteiger charge is -2.34. The Bertz CT molecular complexity index is 1530. The minimum atomic E-state index is -4.60. The fraction of sp³-hybridized carbons (Fsp3) is 0.517. The molecule has 1 saturated carbocycles. The van der Waals surface area contributed by atoms with Crippen molar-refractivity contribution in [2.45, 2.75) is 51.1 Å². The molecule has 1 aromatic heterocycles. The Hall–Kier alpha value is -2.90. The van der Waals surface area contributed by atoms with Crippen LogP contribution in [0, 0.1) is 11.3 Å². The molecule has 1 amide bonds. The van der Waals surface area contributed by atoms with E-state index in [1.54, 1.807) is 24.3 Å². The van der Waals surface area contributed by atoms with Gasteiger partial charge in [0, 0.05) is 32.7 Å². The van der Waals surface area contributed by atoms with Crippen LogP contribution in [0.5, 0.6) is 0 Å². The molecule has 0 unspecified atom stereocenters. The molecule has 0 bridgehead atoms. The maximum absolute atomic E-state index is 13.3. The van der Waals surface area contributed by atoms with E-state index < -0.39 is 29.6 Å². The van der Waals surface area contributed by atoms with E-state index in [0.29, 0.717) is 57.1 Å². The summed E-state index contributed by atoms with van der Waals surface area (Å²) in [6.07, 6.45) is -9.31. The maximum Gasteiger partial charge on any atom is 0.403 e. The van der Waals surface area contributed by atoms with Crippen molar-refractivity contribution in [1.82, 2.24) is 19.8 Å². The minimum absolute atomic E-state index is 0.0168. The van der Waals surface area contributed by atoms with Gasteiger partial charge in [0.15, 0.2) is 0 Å². The second-order valence-corrected chi connectivity index (χ2v) is 12.5. The monoisotopic (exact) mass is 664 g/mol. The summed E-state index contributed by atoms with van der Waals surface area (Å²) in [7, 11) is 3.83. The van der Waals surface area contributed by atoms with Gasteiger partial charge in [0.05, 0.1) is 38.4 Å². The van der Waals surface area contributed by atoms with Gasteiger partial charge in [-0.2, -0.15) is 26.3 Å². The predicted octanol–water partition coefficient (Wildman–Crippen LogP) is 7.39. The summed E-state index contributed by atoms with van der Waals surface area (Å²) < 4.78 is 81.6. The van der Waals surface area contributed by atoms with Gasteiger partial charge < -0.3 is 25.0 Å². The van der Waals surface area contributed by atoms with Gasteiger partial charge in [-0.15, -0.1) is 0 Å². The highest BCUT2D eigenvalue weighted by Crippen LogP contribution is 2.57. The molecule has 1 aliphatic carbocycles. The van der Waals surface area contributed by atoms with Crippen LogP contribution < -0.4 is 15.5 Å². The molecule has 44 heavy (non-hydrogen) atoms. The Balaban J connectivity index is 1.40. The first-order valence-corrected chi connectivity index (χ1v) is 14.9. The van der Waals surface area contributed by atoms with Gasteiger partial charge >= 0.3 is 12.4 Å². The summed E-state index contributed by atoms with van der Waals surface area (Å²) in [5.74, 6) is -1.96. The van der Waals surface area contributed by atoms with Crippen LogP contribution in [-0.4, -0.2) is 66.4 Å². The molecular formula is C29H32Cl2F6N6O. The SMILES string of the molecule is CN(C)CCn1c(Nc2cc(CNC(=O)C3(C(F)(F)F)CC3)ccc2Cl)nc2cc(Cl)c(N3CCC(C(F)(F)F)CC3)cc21. The van der Waals surface area contributed by atoms with Crippen LogP contribution in [0.1, 0.15) is 31.2 Å². The molecule has 0 atom stereocenters. The van der Waals surface area contributed by atoms with Gasteiger partial charge in [-0.05, 0) is 69.6 Å². The molecule has 240 valence electrons. The number of likely N-dealkylation sites (N-methyl/N-ethyl adjacent to an activating group) is 1. The Labute approximate surface area is 260 Å². The number of anilines is 3. The summed E-state index contributed by atoms with van der Waals surface area (Å²) >= 11 is 13.1. The summed E-state index contributed by atoms with van der Waals surface area (Å²) in [6, 6.07) is 8.34. The average molecular weight is 666 g/mol. The Morgan fingerprint density at radius 3 is 2.32 bits per heavy atom. The molecule has 2 aromatic carbocycles. The summed E-state index contributed by atoms with van der Waals surface area (Å²) in [6.45, 7) is 1.44. The molecule has 7 nitrogen and oxygen atoms in total. The van der Waals surface area contributed by atoms with E-state index in [2.05, 4.69) is 10.6 Å². The summed E-state index contributed by atoms with van der Waals surface area (Å²) in [5.41, 5.74) is 0.552. The zero-order valence-electron chi connectivity index (χ0n) is 24.0. The molecule has 2 heterocycles. The number of nitrogens with one attached hydrogen (secondary N) is 2. The van der Waals surface area contributed by atoms with Gasteiger partial charge in [-0.3, -0.25) is 4.79 Å². The Morgan fingerprint density at radius 2 is 1.73 bits per heavy atom. The number of alkyl halides is 6. The molecule has 0 radical (unpaired) electrons. The standard InChI is InChI=1S/C29H32Cl2F6N6O/c1-41(2)11-12-43-24-15-23(42-9-5-18(6-10-42)28(32,33)34)20(31)14-22(24)40-26(43)39-21-13-17(3-4-19(21)30)16-38-25(44)27(7-8-27)29(35,36)37/h3-4,13-15,18H,5-12,16H2,1-2H3,(H,38,44)(H,39,40). The van der Waals surface area contributed by atoms with E-state index in [1.165, 1.54) is 0 Å². The molecule has 5 rings (SSSR count). The molecule has 3 aromatic rings. The lowest BCUT2D eigenvalue weighted by Crippen LogP contribution is -2.40. The number of hydrogen-bond donors (Lipinski definition) is 2. The third-order valence-corrected chi connectivity index (χ3v) is 8.98. The summed E-state index contributed by atoms with van der Waals surface area (Å²) in [5, 5.41) is 6.31. The van der Waals surface area contributed by atoms with E-state index in [1.807, 2.05) is 34.5 Å². The van der Waals surface area contributed by atoms with E-state index in [9.17, 15) is 31.1 Å². The number of aromatic nitrogens is 2. The highest BCUT2D eigenvalue weighted by atomic mass is 35.5. The first-order valence-electron chi connectivity index (χ1n) is 14.2. The largest absolute Gasteiger partial charge is 0.403 e. The zero-order valence-corrected chi connectivity index (χ0v) is 25.6. The van der Waals surface area contributed by atoms with Gasteiger partial charge in [0.25, 0.3) is 0 Å². The average Bonchev–Trinajstić information content (AvgIpc) is 3.70. The zero-order chi connectivity index (χ0) is 32.0. The van der Waals surface area contributed by atoms with Gasteiger partial charge in [-0.25, -0.2) is 4.98 Å². The predicted molar refractivity (Wildman–Crippen MR) is 159 cm³/mol. The van der Waals surface area contributed by atoms with Crippen LogP contribution in [0.2, 0.25) is 10.0 Å². The number of hydrogen-bond acceptors (Lipinski definition) is 5. The first-order chi connectivity index (χ1) is 20.6.